The van der Waals surface area contributed by atoms with Crippen molar-refractivity contribution in [1.29, 1.82) is 0 Å². The highest BCUT2D eigenvalue weighted by molar-refractivity contribution is 6.32. The van der Waals surface area contributed by atoms with Crippen LogP contribution in [0.2, 0.25) is 5.04 Å². The zero-order valence-corrected chi connectivity index (χ0v) is 13.9. The average molecular weight is 272 g/mol. The van der Waals surface area contributed by atoms with Gasteiger partial charge in [0.15, 0.2) is 9.76 Å². The maximum Gasteiger partial charge on any atom is 0.309 e. The van der Waals surface area contributed by atoms with Crippen LogP contribution in [0.1, 0.15) is 60.3 Å². The van der Waals surface area contributed by atoms with Crippen molar-refractivity contribution >= 4 is 15.7 Å². The Labute approximate surface area is 113 Å². The quantitative estimate of drug-likeness (QED) is 0.783. The Kier molecular flexibility index (Phi) is 5.01. The maximum atomic E-state index is 11.2. The molecule has 18 heavy (non-hydrogen) atoms. The van der Waals surface area contributed by atoms with Gasteiger partial charge in [0.1, 0.15) is 0 Å². The highest BCUT2D eigenvalue weighted by Gasteiger charge is 2.38. The molecule has 4 heteroatoms. The SMILES string of the molecule is CC(C)C(C)(C)[SiH2]OC1CCC(C)(C(=O)O)CC1. The fraction of sp³-hybridized carbons (Fsp3) is 0.929. The summed E-state index contributed by atoms with van der Waals surface area (Å²) in [5, 5.41) is 9.51. The van der Waals surface area contributed by atoms with Crippen LogP contribution in [0.15, 0.2) is 0 Å². The predicted molar refractivity (Wildman–Crippen MR) is 76.5 cm³/mol. The molecule has 0 unspecified atom stereocenters. The number of aliphatic carboxylic acids is 1. The van der Waals surface area contributed by atoms with E-state index in [-0.39, 0.29) is 0 Å². The van der Waals surface area contributed by atoms with Gasteiger partial charge in [-0.3, -0.25) is 4.79 Å². The Morgan fingerprint density at radius 3 is 2.28 bits per heavy atom. The molecule has 1 aliphatic rings. The van der Waals surface area contributed by atoms with Crippen molar-refractivity contribution in [1.82, 2.24) is 0 Å². The van der Waals surface area contributed by atoms with E-state index < -0.39 is 21.1 Å². The van der Waals surface area contributed by atoms with Crippen molar-refractivity contribution in [2.75, 3.05) is 0 Å². The van der Waals surface area contributed by atoms with Crippen LogP contribution in [0, 0.1) is 11.3 Å². The molecule has 0 radical (unpaired) electrons. The van der Waals surface area contributed by atoms with E-state index in [0.29, 0.717) is 17.1 Å². The van der Waals surface area contributed by atoms with Crippen LogP contribution < -0.4 is 0 Å². The van der Waals surface area contributed by atoms with Crippen LogP contribution in [0.5, 0.6) is 0 Å². The van der Waals surface area contributed by atoms with E-state index in [0.717, 1.165) is 25.7 Å². The lowest BCUT2D eigenvalue weighted by atomic mass is 9.75. The molecule has 0 aromatic carbocycles. The summed E-state index contributed by atoms with van der Waals surface area (Å²) < 4.78 is 6.13. The smallest absolute Gasteiger partial charge is 0.309 e. The number of carboxylic acid groups (broad SMARTS) is 1. The molecular weight excluding hydrogens is 244 g/mol. The second kappa shape index (κ2) is 5.74. The molecule has 0 saturated heterocycles. The van der Waals surface area contributed by atoms with E-state index in [1.807, 2.05) is 6.92 Å². The number of rotatable bonds is 5. The van der Waals surface area contributed by atoms with Crippen LogP contribution in [0.4, 0.5) is 0 Å². The number of carboxylic acids is 1. The van der Waals surface area contributed by atoms with Gasteiger partial charge in [-0.1, -0.05) is 27.7 Å². The first-order valence-electron chi connectivity index (χ1n) is 7.02. The van der Waals surface area contributed by atoms with Crippen LogP contribution in [-0.4, -0.2) is 26.9 Å². The normalized spacial score (nSPS) is 30.2. The summed E-state index contributed by atoms with van der Waals surface area (Å²) in [6.07, 6.45) is 3.63. The van der Waals surface area contributed by atoms with Gasteiger partial charge in [-0.25, -0.2) is 0 Å². The van der Waals surface area contributed by atoms with Crippen molar-refractivity contribution < 1.29 is 14.3 Å². The van der Waals surface area contributed by atoms with Gasteiger partial charge in [0, 0.05) is 6.10 Å². The molecule has 1 N–H and O–H groups in total. The number of hydrogen-bond acceptors (Lipinski definition) is 2. The second-order valence-electron chi connectivity index (χ2n) is 7.02. The summed E-state index contributed by atoms with van der Waals surface area (Å²) in [5.41, 5.74) is -0.519. The highest BCUT2D eigenvalue weighted by atomic mass is 28.2. The Bertz CT molecular complexity index is 291. The average Bonchev–Trinajstić information content (AvgIpc) is 2.28. The molecule has 0 aromatic heterocycles. The van der Waals surface area contributed by atoms with Crippen LogP contribution in [0.3, 0.4) is 0 Å². The monoisotopic (exact) mass is 272 g/mol. The van der Waals surface area contributed by atoms with Crippen molar-refractivity contribution in [3.05, 3.63) is 0 Å². The minimum atomic E-state index is -0.652. The molecule has 3 nitrogen and oxygen atoms in total. The van der Waals surface area contributed by atoms with Crippen molar-refractivity contribution in [2.45, 2.75) is 71.4 Å². The topological polar surface area (TPSA) is 46.5 Å². The van der Waals surface area contributed by atoms with Gasteiger partial charge in [-0.2, -0.15) is 0 Å². The third-order valence-electron chi connectivity index (χ3n) is 4.81. The maximum absolute atomic E-state index is 11.2. The molecule has 0 amide bonds. The standard InChI is InChI=1S/C14H28O3Si/c1-10(2)13(3,4)18-17-11-6-8-14(5,9-7-11)12(15)16/h10-11H,6-9,18H2,1-5H3,(H,15,16). The molecule has 106 valence electrons. The van der Waals surface area contributed by atoms with Gasteiger partial charge >= 0.3 is 5.97 Å². The summed E-state index contributed by atoms with van der Waals surface area (Å²) in [7, 11) is -0.556. The molecule has 1 aliphatic carbocycles. The minimum Gasteiger partial charge on any atom is -0.481 e. The van der Waals surface area contributed by atoms with E-state index >= 15 is 0 Å². The Morgan fingerprint density at radius 1 is 1.39 bits per heavy atom. The minimum absolute atomic E-state index is 0.308. The molecule has 0 aromatic rings. The summed E-state index contributed by atoms with van der Waals surface area (Å²) in [5.74, 6) is -0.00209. The lowest BCUT2D eigenvalue weighted by molar-refractivity contribution is -0.150. The predicted octanol–water partition coefficient (Wildman–Crippen LogP) is 2.97. The molecule has 1 fully saturated rings. The van der Waals surface area contributed by atoms with E-state index in [4.69, 9.17) is 4.43 Å². The van der Waals surface area contributed by atoms with E-state index in [9.17, 15) is 9.90 Å². The molecule has 0 spiro atoms. The summed E-state index contributed by atoms with van der Waals surface area (Å²) >= 11 is 0. The number of hydrogen-bond donors (Lipinski definition) is 1. The fourth-order valence-corrected chi connectivity index (χ4v) is 3.44. The summed E-state index contributed by atoms with van der Waals surface area (Å²) in [4.78, 5) is 11.2. The molecule has 0 bridgehead atoms. The van der Waals surface area contributed by atoms with Gasteiger partial charge in [0.25, 0.3) is 0 Å². The largest absolute Gasteiger partial charge is 0.481 e. The lowest BCUT2D eigenvalue weighted by Crippen LogP contribution is -2.36. The van der Waals surface area contributed by atoms with Crippen LogP contribution >= 0.6 is 0 Å². The molecule has 0 aliphatic heterocycles. The summed E-state index contributed by atoms with van der Waals surface area (Å²) in [6.45, 7) is 10.9. The van der Waals surface area contributed by atoms with Gasteiger partial charge in [-0.05, 0) is 43.6 Å². The van der Waals surface area contributed by atoms with Crippen LogP contribution in [0.25, 0.3) is 0 Å². The third-order valence-corrected chi connectivity index (χ3v) is 7.01. The Balaban J connectivity index is 2.39. The molecule has 0 atom stereocenters. The lowest BCUT2D eigenvalue weighted by Gasteiger charge is -2.36. The zero-order chi connectivity index (χ0) is 14.0. The molecule has 1 rings (SSSR count). The van der Waals surface area contributed by atoms with E-state index in [1.54, 1.807) is 0 Å². The van der Waals surface area contributed by atoms with E-state index in [1.165, 1.54) is 0 Å². The molecule has 0 heterocycles. The Hall–Kier alpha value is -0.353. The van der Waals surface area contributed by atoms with Gasteiger partial charge in [0.2, 0.25) is 0 Å². The fourth-order valence-electron chi connectivity index (χ4n) is 2.11. The molecule has 1 saturated carbocycles. The molecular formula is C14H28O3Si. The first-order chi connectivity index (χ1) is 8.17. The number of carbonyl (C=O) groups is 1. The van der Waals surface area contributed by atoms with Gasteiger partial charge in [0.05, 0.1) is 5.41 Å². The van der Waals surface area contributed by atoms with Crippen molar-refractivity contribution in [2.24, 2.45) is 11.3 Å². The second-order valence-corrected chi connectivity index (χ2v) is 9.46. The van der Waals surface area contributed by atoms with Gasteiger partial charge < -0.3 is 9.53 Å². The van der Waals surface area contributed by atoms with E-state index in [2.05, 4.69) is 27.7 Å². The first-order valence-corrected chi connectivity index (χ1v) is 8.31. The summed E-state index contributed by atoms with van der Waals surface area (Å²) in [6, 6.07) is 0. The third kappa shape index (κ3) is 3.82. The van der Waals surface area contributed by atoms with Gasteiger partial charge in [-0.15, -0.1) is 0 Å². The Morgan fingerprint density at radius 2 is 1.89 bits per heavy atom. The van der Waals surface area contributed by atoms with Crippen molar-refractivity contribution in [3.63, 3.8) is 0 Å². The van der Waals surface area contributed by atoms with Crippen molar-refractivity contribution in [3.8, 4) is 0 Å². The highest BCUT2D eigenvalue weighted by Crippen LogP contribution is 2.39. The first kappa shape index (κ1) is 15.7. The van der Waals surface area contributed by atoms with Crippen LogP contribution in [-0.2, 0) is 9.22 Å². The zero-order valence-electron chi connectivity index (χ0n) is 12.5.